The Hall–Kier alpha value is -4.06. The third kappa shape index (κ3) is 3.83. The van der Waals surface area contributed by atoms with Crippen molar-refractivity contribution >= 4 is 29.3 Å². The molecule has 160 valence electrons. The second-order valence-corrected chi connectivity index (χ2v) is 7.57. The number of Topliss-reactive ketones (excluding diaryl/α,β-unsaturated/α-hetero) is 1. The van der Waals surface area contributed by atoms with Crippen LogP contribution in [0.5, 0.6) is 0 Å². The van der Waals surface area contributed by atoms with E-state index in [0.717, 1.165) is 10.5 Å². The molecule has 0 saturated heterocycles. The highest BCUT2D eigenvalue weighted by Crippen LogP contribution is 2.29. The Bertz CT molecular complexity index is 1210. The predicted molar refractivity (Wildman–Crippen MR) is 119 cm³/mol. The van der Waals surface area contributed by atoms with Crippen molar-refractivity contribution in [2.75, 3.05) is 4.90 Å². The number of carbonyl (C=O) groups excluding carboxylic acids is 4. The molecule has 1 aliphatic rings. The molecule has 6 heteroatoms. The summed E-state index contributed by atoms with van der Waals surface area (Å²) in [6.07, 6.45) is -0.636. The van der Waals surface area contributed by atoms with E-state index in [-0.39, 0.29) is 22.5 Å². The summed E-state index contributed by atoms with van der Waals surface area (Å²) in [4.78, 5) is 52.2. The van der Waals surface area contributed by atoms with E-state index in [2.05, 4.69) is 0 Å². The average Bonchev–Trinajstić information content (AvgIpc) is 3.07. The zero-order valence-corrected chi connectivity index (χ0v) is 17.7. The summed E-state index contributed by atoms with van der Waals surface area (Å²) in [7, 11) is 0. The van der Waals surface area contributed by atoms with Crippen molar-refractivity contribution < 1.29 is 23.9 Å². The zero-order chi connectivity index (χ0) is 22.8. The predicted octanol–water partition coefficient (Wildman–Crippen LogP) is 4.61. The lowest BCUT2D eigenvalue weighted by Gasteiger charge is -2.15. The van der Waals surface area contributed by atoms with Crippen LogP contribution >= 0.6 is 0 Å². The highest BCUT2D eigenvalue weighted by atomic mass is 16.5. The summed E-state index contributed by atoms with van der Waals surface area (Å²) in [6, 6.07) is 19.9. The van der Waals surface area contributed by atoms with Crippen LogP contribution in [-0.4, -0.2) is 29.7 Å². The molecule has 1 heterocycles. The van der Waals surface area contributed by atoms with E-state index in [1.165, 1.54) is 18.2 Å². The fourth-order valence-corrected chi connectivity index (χ4v) is 3.60. The van der Waals surface area contributed by atoms with Crippen molar-refractivity contribution in [3.63, 3.8) is 0 Å². The second-order valence-electron chi connectivity index (χ2n) is 7.57. The molecule has 1 aliphatic heterocycles. The number of aryl methyl sites for hydroxylation is 1. The lowest BCUT2D eigenvalue weighted by molar-refractivity contribution is 0.0277. The third-order valence-electron chi connectivity index (χ3n) is 5.39. The van der Waals surface area contributed by atoms with Gasteiger partial charge in [0, 0.05) is 5.56 Å². The maximum atomic E-state index is 12.9. The number of carbonyl (C=O) groups is 4. The number of ketones is 1. The smallest absolute Gasteiger partial charge is 0.338 e. The Labute approximate surface area is 185 Å². The Morgan fingerprint density at radius 3 is 2.16 bits per heavy atom. The lowest BCUT2D eigenvalue weighted by atomic mass is 10.0. The first-order valence-electron chi connectivity index (χ1n) is 10.3. The first-order valence-corrected chi connectivity index (χ1v) is 10.3. The maximum absolute atomic E-state index is 12.9. The maximum Gasteiger partial charge on any atom is 0.338 e. The summed E-state index contributed by atoms with van der Waals surface area (Å²) < 4.78 is 5.45. The van der Waals surface area contributed by atoms with Crippen molar-refractivity contribution in [3.8, 4) is 0 Å². The molecule has 1 unspecified atom stereocenters. The van der Waals surface area contributed by atoms with Gasteiger partial charge in [-0.3, -0.25) is 14.4 Å². The van der Waals surface area contributed by atoms with E-state index >= 15 is 0 Å². The van der Waals surface area contributed by atoms with Gasteiger partial charge in [-0.2, -0.15) is 0 Å². The van der Waals surface area contributed by atoms with Crippen molar-refractivity contribution in [2.24, 2.45) is 0 Å². The number of esters is 1. The summed E-state index contributed by atoms with van der Waals surface area (Å²) in [6.45, 7) is 3.67. The fraction of sp³-hybridized carbons (Fsp3) is 0.154. The number of amides is 2. The average molecular weight is 427 g/mol. The van der Waals surface area contributed by atoms with Crippen LogP contribution in [0.4, 0.5) is 5.69 Å². The normalized spacial score (nSPS) is 13.6. The minimum Gasteiger partial charge on any atom is -0.450 e. The van der Waals surface area contributed by atoms with E-state index in [1.54, 1.807) is 49.4 Å². The topological polar surface area (TPSA) is 80.8 Å². The Morgan fingerprint density at radius 2 is 1.50 bits per heavy atom. The molecule has 2 amide bonds. The van der Waals surface area contributed by atoms with Crippen LogP contribution in [-0.2, 0) is 4.74 Å². The molecule has 32 heavy (non-hydrogen) atoms. The largest absolute Gasteiger partial charge is 0.450 e. The number of nitrogens with zero attached hydrogens (tertiary/aromatic N) is 1. The molecule has 0 aromatic heterocycles. The third-order valence-corrected chi connectivity index (χ3v) is 5.39. The molecule has 0 fully saturated rings. The summed E-state index contributed by atoms with van der Waals surface area (Å²) in [5, 5.41) is 0. The molecule has 0 spiro atoms. The molecule has 0 N–H and O–H groups in total. The Morgan fingerprint density at radius 1 is 0.844 bits per heavy atom. The second kappa shape index (κ2) is 8.59. The van der Waals surface area contributed by atoms with Gasteiger partial charge in [-0.1, -0.05) is 55.0 Å². The Kier molecular flexibility index (Phi) is 5.69. The molecule has 0 saturated carbocycles. The van der Waals surface area contributed by atoms with Crippen LogP contribution in [0, 0.1) is 6.92 Å². The highest BCUT2D eigenvalue weighted by Gasteiger charge is 2.37. The van der Waals surface area contributed by atoms with E-state index in [0.29, 0.717) is 17.7 Å². The van der Waals surface area contributed by atoms with Crippen LogP contribution in [0.25, 0.3) is 0 Å². The quantitative estimate of drug-likeness (QED) is 0.326. The number of ether oxygens (including phenoxy) is 1. The van der Waals surface area contributed by atoms with Gasteiger partial charge in [0.1, 0.15) is 0 Å². The number of anilines is 1. The van der Waals surface area contributed by atoms with Crippen molar-refractivity contribution in [2.45, 2.75) is 26.4 Å². The van der Waals surface area contributed by atoms with E-state index < -0.39 is 23.9 Å². The van der Waals surface area contributed by atoms with Crippen molar-refractivity contribution in [1.82, 2.24) is 0 Å². The van der Waals surface area contributed by atoms with E-state index in [9.17, 15) is 19.2 Å². The van der Waals surface area contributed by atoms with Gasteiger partial charge < -0.3 is 4.74 Å². The molecular formula is C26H21NO5. The monoisotopic (exact) mass is 427 g/mol. The SMILES string of the molecule is CCC(OC(=O)c1ccc2c(c1)C(=O)N(c1ccc(C)cc1)C2=O)C(=O)c1ccccc1. The number of hydrogen-bond donors (Lipinski definition) is 0. The van der Waals surface area contributed by atoms with E-state index in [4.69, 9.17) is 4.74 Å². The van der Waals surface area contributed by atoms with Crippen molar-refractivity contribution in [1.29, 1.82) is 0 Å². The Balaban J connectivity index is 1.56. The van der Waals surface area contributed by atoms with Gasteiger partial charge >= 0.3 is 5.97 Å². The molecular weight excluding hydrogens is 406 g/mol. The van der Waals surface area contributed by atoms with Crippen LogP contribution in [0.15, 0.2) is 72.8 Å². The van der Waals surface area contributed by atoms with Crippen LogP contribution in [0.3, 0.4) is 0 Å². The van der Waals surface area contributed by atoms with Crippen LogP contribution < -0.4 is 4.90 Å². The number of rotatable bonds is 6. The number of imide groups is 1. The van der Waals surface area contributed by atoms with E-state index in [1.807, 2.05) is 19.1 Å². The highest BCUT2D eigenvalue weighted by molar-refractivity contribution is 6.34. The summed E-state index contributed by atoms with van der Waals surface area (Å²) in [5.74, 6) is -1.97. The fourth-order valence-electron chi connectivity index (χ4n) is 3.60. The van der Waals surface area contributed by atoms with Crippen LogP contribution in [0.2, 0.25) is 0 Å². The zero-order valence-electron chi connectivity index (χ0n) is 17.7. The summed E-state index contributed by atoms with van der Waals surface area (Å²) in [5.41, 5.74) is 2.38. The molecule has 4 rings (SSSR count). The minimum absolute atomic E-state index is 0.106. The molecule has 3 aromatic carbocycles. The standard InChI is InChI=1S/C26H21NO5/c1-3-22(23(28)17-7-5-4-6-8-17)32-26(31)18-11-14-20-21(15-18)25(30)27(24(20)29)19-12-9-16(2)10-13-19/h4-15,22H,3H2,1-2H3. The van der Waals surface area contributed by atoms with Gasteiger partial charge in [0.15, 0.2) is 6.10 Å². The van der Waals surface area contributed by atoms with Gasteiger partial charge in [-0.05, 0) is 43.7 Å². The minimum atomic E-state index is -0.945. The first kappa shape index (κ1) is 21.2. The molecule has 6 nitrogen and oxygen atoms in total. The number of fused-ring (bicyclic) bond motifs is 1. The van der Waals surface area contributed by atoms with Gasteiger partial charge in [0.05, 0.1) is 22.4 Å². The first-order chi connectivity index (χ1) is 15.4. The molecule has 1 atom stereocenters. The molecule has 0 radical (unpaired) electrons. The molecule has 0 aliphatic carbocycles. The molecule has 0 bridgehead atoms. The summed E-state index contributed by atoms with van der Waals surface area (Å²) >= 11 is 0. The molecule has 3 aromatic rings. The van der Waals surface area contributed by atoms with Gasteiger partial charge in [-0.25, -0.2) is 9.69 Å². The van der Waals surface area contributed by atoms with Gasteiger partial charge in [0.25, 0.3) is 11.8 Å². The number of benzene rings is 3. The van der Waals surface area contributed by atoms with Crippen molar-refractivity contribution in [3.05, 3.63) is 101 Å². The van der Waals surface area contributed by atoms with Gasteiger partial charge in [-0.15, -0.1) is 0 Å². The lowest BCUT2D eigenvalue weighted by Crippen LogP contribution is -2.29. The number of hydrogen-bond acceptors (Lipinski definition) is 5. The van der Waals surface area contributed by atoms with Gasteiger partial charge in [0.2, 0.25) is 5.78 Å². The van der Waals surface area contributed by atoms with Crippen LogP contribution in [0.1, 0.15) is 60.3 Å².